The van der Waals surface area contributed by atoms with E-state index < -0.39 is 8.80 Å². The van der Waals surface area contributed by atoms with E-state index in [9.17, 15) is 0 Å². The number of para-hydroxylation sites is 2. The molecule has 0 bridgehead atoms. The monoisotopic (exact) mass is 450 g/mol. The Balaban J connectivity index is 1.69. The highest BCUT2D eigenvalue weighted by molar-refractivity contribution is 6.89. The second kappa shape index (κ2) is 6.49. The molecule has 34 heavy (non-hydrogen) atoms. The van der Waals surface area contributed by atoms with Crippen LogP contribution in [0, 0.1) is 0 Å². The second-order valence-corrected chi connectivity index (χ2v) is 12.1. The molecule has 8 rings (SSSR count). The highest BCUT2D eigenvalue weighted by atomic mass is 28.3. The molecule has 0 spiro atoms. The number of benzene rings is 5. The third-order valence-corrected chi connectivity index (χ3v) is 10.6. The molecule has 0 fully saturated rings. The SMILES string of the molecule is C[SiH]1c2cccc3c2c2c4c5c1cccc5n(-c1ccccc1)c4ccc2n3-c1ccccc1. The van der Waals surface area contributed by atoms with Crippen molar-refractivity contribution in [3.63, 3.8) is 0 Å². The van der Waals surface area contributed by atoms with E-state index in [-0.39, 0.29) is 0 Å². The van der Waals surface area contributed by atoms with Crippen LogP contribution in [0.1, 0.15) is 0 Å². The van der Waals surface area contributed by atoms with Gasteiger partial charge in [-0.1, -0.05) is 67.2 Å². The van der Waals surface area contributed by atoms with Gasteiger partial charge in [0.15, 0.2) is 0 Å². The maximum atomic E-state index is 2.51. The van der Waals surface area contributed by atoms with E-state index in [0.717, 1.165) is 0 Å². The lowest BCUT2D eigenvalue weighted by Crippen LogP contribution is -2.39. The Morgan fingerprint density at radius 3 is 1.26 bits per heavy atom. The normalized spacial score (nSPS) is 13.3. The molecule has 0 saturated carbocycles. The predicted molar refractivity (Wildman–Crippen MR) is 147 cm³/mol. The number of nitrogens with zero attached hydrogens (tertiary/aromatic N) is 2. The van der Waals surface area contributed by atoms with Gasteiger partial charge in [-0.3, -0.25) is 0 Å². The lowest BCUT2D eigenvalue weighted by Gasteiger charge is -2.14. The molecule has 2 aromatic heterocycles. The van der Waals surface area contributed by atoms with Gasteiger partial charge in [0, 0.05) is 32.9 Å². The maximum absolute atomic E-state index is 2.51. The van der Waals surface area contributed by atoms with Crippen LogP contribution in [0.2, 0.25) is 6.55 Å². The van der Waals surface area contributed by atoms with Crippen molar-refractivity contribution in [2.24, 2.45) is 0 Å². The van der Waals surface area contributed by atoms with Crippen LogP contribution in [0.25, 0.3) is 55.0 Å². The van der Waals surface area contributed by atoms with Crippen molar-refractivity contribution < 1.29 is 0 Å². The molecule has 0 saturated heterocycles. The largest absolute Gasteiger partial charge is 0.309 e. The fraction of sp³-hybridized carbons (Fsp3) is 0.0323. The van der Waals surface area contributed by atoms with Gasteiger partial charge in [0.25, 0.3) is 0 Å². The van der Waals surface area contributed by atoms with Gasteiger partial charge in [0.2, 0.25) is 0 Å². The minimum absolute atomic E-state index is 1.22. The summed E-state index contributed by atoms with van der Waals surface area (Å²) in [4.78, 5) is 0. The van der Waals surface area contributed by atoms with Crippen molar-refractivity contribution in [2.75, 3.05) is 0 Å². The molecule has 1 aliphatic rings. The predicted octanol–water partition coefficient (Wildman–Crippen LogP) is 6.17. The molecule has 0 aliphatic carbocycles. The zero-order chi connectivity index (χ0) is 22.4. The molecule has 0 radical (unpaired) electrons. The smallest absolute Gasteiger partial charge is 0.101 e. The molecular formula is C31H22N2Si. The number of hydrogen-bond acceptors (Lipinski definition) is 0. The molecule has 7 aromatic rings. The molecule has 2 nitrogen and oxygen atoms in total. The zero-order valence-corrected chi connectivity index (χ0v) is 20.0. The van der Waals surface area contributed by atoms with E-state index in [1.807, 2.05) is 0 Å². The van der Waals surface area contributed by atoms with Crippen LogP contribution in [0.5, 0.6) is 0 Å². The van der Waals surface area contributed by atoms with Gasteiger partial charge in [-0.05, 0) is 58.9 Å². The molecule has 0 atom stereocenters. The summed E-state index contributed by atoms with van der Waals surface area (Å²) in [5, 5.41) is 8.84. The summed E-state index contributed by atoms with van der Waals surface area (Å²) < 4.78 is 4.93. The van der Waals surface area contributed by atoms with Crippen LogP contribution in [0.3, 0.4) is 0 Å². The Morgan fingerprint density at radius 1 is 0.412 bits per heavy atom. The Labute approximate surface area is 198 Å². The van der Waals surface area contributed by atoms with E-state index in [2.05, 4.69) is 125 Å². The van der Waals surface area contributed by atoms with E-state index in [4.69, 9.17) is 0 Å². The first-order valence-electron chi connectivity index (χ1n) is 12.0. The molecule has 5 aromatic carbocycles. The second-order valence-electron chi connectivity index (χ2n) is 9.40. The average molecular weight is 451 g/mol. The van der Waals surface area contributed by atoms with Crippen molar-refractivity contribution in [3.05, 3.63) is 109 Å². The molecule has 3 heterocycles. The van der Waals surface area contributed by atoms with Crippen LogP contribution in [0.4, 0.5) is 0 Å². The fourth-order valence-corrected chi connectivity index (χ4v) is 8.94. The van der Waals surface area contributed by atoms with Crippen molar-refractivity contribution >= 4 is 62.8 Å². The van der Waals surface area contributed by atoms with Gasteiger partial charge in [0.1, 0.15) is 8.80 Å². The van der Waals surface area contributed by atoms with Gasteiger partial charge < -0.3 is 9.13 Å². The van der Waals surface area contributed by atoms with E-state index in [1.165, 1.54) is 55.0 Å². The van der Waals surface area contributed by atoms with Crippen LogP contribution < -0.4 is 10.4 Å². The van der Waals surface area contributed by atoms with Crippen LogP contribution in [0.15, 0.2) is 109 Å². The zero-order valence-electron chi connectivity index (χ0n) is 18.9. The first-order valence-corrected chi connectivity index (χ1v) is 14.3. The third-order valence-electron chi connectivity index (χ3n) is 7.74. The summed E-state index contributed by atoms with van der Waals surface area (Å²) in [6.07, 6.45) is 0. The van der Waals surface area contributed by atoms with Gasteiger partial charge in [-0.15, -0.1) is 0 Å². The average Bonchev–Trinajstić information content (AvgIpc) is 3.38. The van der Waals surface area contributed by atoms with Gasteiger partial charge in [-0.2, -0.15) is 0 Å². The lowest BCUT2D eigenvalue weighted by molar-refractivity contribution is 1.17. The molecule has 160 valence electrons. The number of rotatable bonds is 2. The summed E-state index contributed by atoms with van der Waals surface area (Å²) in [6.45, 7) is 2.51. The van der Waals surface area contributed by atoms with Crippen molar-refractivity contribution in [1.29, 1.82) is 0 Å². The third kappa shape index (κ3) is 2.15. The molecular weight excluding hydrogens is 428 g/mol. The number of aromatic nitrogens is 2. The van der Waals surface area contributed by atoms with Crippen molar-refractivity contribution in [2.45, 2.75) is 6.55 Å². The Morgan fingerprint density at radius 2 is 0.824 bits per heavy atom. The van der Waals surface area contributed by atoms with Crippen molar-refractivity contribution in [3.8, 4) is 11.4 Å². The minimum Gasteiger partial charge on any atom is -0.309 e. The lowest BCUT2D eigenvalue weighted by atomic mass is 10.1. The summed E-state index contributed by atoms with van der Waals surface area (Å²) in [7, 11) is -1.41. The molecule has 3 heteroatoms. The van der Waals surface area contributed by atoms with E-state index in [0.29, 0.717) is 0 Å². The molecule has 0 amide bonds. The minimum atomic E-state index is -1.41. The summed E-state index contributed by atoms with van der Waals surface area (Å²) in [5.41, 5.74) is 7.68. The quantitative estimate of drug-likeness (QED) is 0.279. The molecule has 1 aliphatic heterocycles. The van der Waals surface area contributed by atoms with Crippen LogP contribution >= 0.6 is 0 Å². The van der Waals surface area contributed by atoms with Gasteiger partial charge in [-0.25, -0.2) is 0 Å². The topological polar surface area (TPSA) is 9.86 Å². The van der Waals surface area contributed by atoms with Crippen LogP contribution in [-0.2, 0) is 0 Å². The number of hydrogen-bond donors (Lipinski definition) is 0. The highest BCUT2D eigenvalue weighted by Gasteiger charge is 2.29. The first kappa shape index (κ1) is 18.4. The van der Waals surface area contributed by atoms with Gasteiger partial charge >= 0.3 is 0 Å². The Kier molecular flexibility index (Phi) is 3.51. The van der Waals surface area contributed by atoms with E-state index in [1.54, 1.807) is 10.4 Å². The Hall–Kier alpha value is -4.08. The summed E-state index contributed by atoms with van der Waals surface area (Å²) in [5.74, 6) is 0. The first-order chi connectivity index (χ1) is 16.8. The molecule has 0 unspecified atom stereocenters. The fourth-order valence-electron chi connectivity index (χ4n) is 6.35. The van der Waals surface area contributed by atoms with Crippen molar-refractivity contribution in [1.82, 2.24) is 9.13 Å². The Bertz CT molecular complexity index is 1770. The van der Waals surface area contributed by atoms with Gasteiger partial charge in [0.05, 0.1) is 22.1 Å². The van der Waals surface area contributed by atoms with E-state index >= 15 is 0 Å². The standard InChI is InChI=1S/C31H22N2Si/c1-34-26-16-8-14-22-28(26)30-24(32(22)20-10-4-2-5-11-20)18-19-25-31(30)29-23(15-9-17-27(29)34)33(25)21-12-6-3-7-13-21/h2-19,34H,1H3. The van der Waals surface area contributed by atoms with Crippen LogP contribution in [-0.4, -0.2) is 17.9 Å². The summed E-state index contributed by atoms with van der Waals surface area (Å²) in [6, 6.07) is 40.2. The highest BCUT2D eigenvalue weighted by Crippen LogP contribution is 2.42. The maximum Gasteiger partial charge on any atom is 0.101 e. The summed E-state index contributed by atoms with van der Waals surface area (Å²) >= 11 is 0. The molecule has 0 N–H and O–H groups in total.